The molecule has 1 atom stereocenters. The number of benzene rings is 4. The number of nitrogens with zero attached hydrogens (tertiary/aromatic N) is 4. The fourth-order valence-corrected chi connectivity index (χ4v) is 6.97. The van der Waals surface area contributed by atoms with Crippen LogP contribution in [0.2, 0.25) is 0 Å². The summed E-state index contributed by atoms with van der Waals surface area (Å²) in [4.78, 5) is 0. The maximum absolute atomic E-state index is 6.33. The van der Waals surface area contributed by atoms with Crippen LogP contribution in [0.25, 0.3) is 0 Å². The summed E-state index contributed by atoms with van der Waals surface area (Å²) in [7, 11) is 2.10. The molecule has 0 aromatic heterocycles. The van der Waals surface area contributed by atoms with E-state index in [1.165, 1.54) is 0 Å². The smallest absolute Gasteiger partial charge is 0.494 e. The Labute approximate surface area is 294 Å². The predicted octanol–water partition coefficient (Wildman–Crippen LogP) is 6.85. The van der Waals surface area contributed by atoms with Gasteiger partial charge in [-0.3, -0.25) is 4.52 Å². The molecule has 0 aliphatic rings. The molecule has 0 aliphatic heterocycles. The number of nitrogens with two attached hydrogens (primary N) is 2. The van der Waals surface area contributed by atoms with Gasteiger partial charge >= 0.3 is 13.7 Å². The highest BCUT2D eigenvalue weighted by molar-refractivity contribution is 8.09. The van der Waals surface area contributed by atoms with Crippen molar-refractivity contribution in [3.8, 4) is 23.0 Å². The van der Waals surface area contributed by atoms with Crippen LogP contribution in [-0.2, 0) is 36.5 Å². The molecule has 14 heteroatoms. The van der Waals surface area contributed by atoms with E-state index >= 15 is 0 Å². The Hall–Kier alpha value is -3.89. The molecule has 0 saturated heterocycles. The van der Waals surface area contributed by atoms with E-state index in [1.54, 1.807) is 36.1 Å². The molecule has 4 aromatic carbocycles. The Morgan fingerprint density at radius 3 is 1.58 bits per heavy atom. The topological polar surface area (TPSA) is 120 Å². The minimum absolute atomic E-state index is 0.567. The number of hydrazone groups is 2. The van der Waals surface area contributed by atoms with Gasteiger partial charge < -0.3 is 25.3 Å². The van der Waals surface area contributed by atoms with E-state index in [0.717, 1.165) is 40.8 Å². The van der Waals surface area contributed by atoms with Crippen LogP contribution in [0.3, 0.4) is 0 Å². The van der Waals surface area contributed by atoms with Gasteiger partial charge in [0.2, 0.25) is 11.8 Å². The largest absolute Gasteiger partial charge is 0.540 e. The van der Waals surface area contributed by atoms with E-state index in [0.29, 0.717) is 36.9 Å². The van der Waals surface area contributed by atoms with E-state index in [2.05, 4.69) is 10.2 Å². The van der Waals surface area contributed by atoms with E-state index in [1.807, 2.05) is 104 Å². The third-order valence-electron chi connectivity index (χ3n) is 6.75. The van der Waals surface area contributed by atoms with Crippen molar-refractivity contribution in [1.29, 1.82) is 0 Å². The first kappa shape index (κ1) is 36.9. The van der Waals surface area contributed by atoms with Gasteiger partial charge in [0.05, 0.1) is 26.1 Å². The SMILES string of the molecule is CCOc1ccc(/C=N\N(C)[P+](=S)Oc2ccc(/C=N\N(C)P(=S)(Oc3ccc(CCN)cc3)Oc3ccc(CCN)cc3)cc2)cc1. The normalized spacial score (nSPS) is 11.8. The molecule has 10 nitrogen and oxygen atoms in total. The fourth-order valence-electron chi connectivity index (χ4n) is 4.16. The van der Waals surface area contributed by atoms with Gasteiger partial charge in [-0.05, 0) is 128 Å². The van der Waals surface area contributed by atoms with Gasteiger partial charge in [-0.1, -0.05) is 29.0 Å². The molecule has 48 heavy (non-hydrogen) atoms. The lowest BCUT2D eigenvalue weighted by Gasteiger charge is -2.29. The predicted molar refractivity (Wildman–Crippen MR) is 204 cm³/mol. The van der Waals surface area contributed by atoms with Crippen LogP contribution in [0.15, 0.2) is 107 Å². The lowest BCUT2D eigenvalue weighted by molar-refractivity contribution is 0.340. The average Bonchev–Trinajstić information content (AvgIpc) is 3.09. The van der Waals surface area contributed by atoms with Gasteiger partial charge in [-0.25, -0.2) is 4.78 Å². The van der Waals surface area contributed by atoms with E-state index in [9.17, 15) is 0 Å². The van der Waals surface area contributed by atoms with Crippen LogP contribution in [0.4, 0.5) is 0 Å². The molecule has 4 N–H and O–H groups in total. The minimum Gasteiger partial charge on any atom is -0.494 e. The first-order chi connectivity index (χ1) is 23.2. The van der Waals surface area contributed by atoms with Crippen LogP contribution in [-0.4, -0.2) is 55.8 Å². The Bertz CT molecular complexity index is 1650. The Morgan fingerprint density at radius 2 is 1.12 bits per heavy atom. The van der Waals surface area contributed by atoms with Crippen molar-refractivity contribution in [2.45, 2.75) is 19.8 Å². The third-order valence-corrected chi connectivity index (χ3v) is 11.5. The lowest BCUT2D eigenvalue weighted by atomic mass is 10.1. The molecule has 4 aromatic rings. The summed E-state index contributed by atoms with van der Waals surface area (Å²) >= 11 is 11.6. The summed E-state index contributed by atoms with van der Waals surface area (Å²) in [5.41, 5.74) is 15.4. The van der Waals surface area contributed by atoms with Crippen LogP contribution < -0.4 is 29.8 Å². The zero-order valence-corrected chi connectivity index (χ0v) is 30.6. The quantitative estimate of drug-likeness (QED) is 0.0641. The van der Waals surface area contributed by atoms with E-state index in [-0.39, 0.29) is 0 Å². The van der Waals surface area contributed by atoms with Gasteiger partial charge in [0.15, 0.2) is 5.75 Å². The number of hydrogen-bond donors (Lipinski definition) is 2. The first-order valence-corrected chi connectivity index (χ1v) is 20.1. The summed E-state index contributed by atoms with van der Waals surface area (Å²) in [6.45, 7) is 0.540. The standard InChI is InChI=1S/C34H41N6O4P2S2/c1-4-41-31-13-9-29(10-14-31)25-37-39(2)45(47)42-32-15-11-30(12-16-32)26-38-40(3)46(48,43-33-17-5-27(6-18-33)21-23-35)44-34-19-7-28(8-20-34)22-24-36/h5-20,25-26H,4,21-24,35-36H2,1-3H3/q+1/b37-25-,38-26-. The van der Waals surface area contributed by atoms with Crippen molar-refractivity contribution in [3.05, 3.63) is 119 Å². The summed E-state index contributed by atoms with van der Waals surface area (Å²) in [6, 6.07) is 30.5. The maximum atomic E-state index is 6.33. The number of hydrogen-bond acceptors (Lipinski definition) is 10. The third kappa shape index (κ3) is 11.4. The van der Waals surface area contributed by atoms with Crippen molar-refractivity contribution in [3.63, 3.8) is 0 Å². The van der Waals surface area contributed by atoms with E-state index in [4.69, 9.17) is 53.4 Å². The fraction of sp³-hybridized carbons (Fsp3) is 0.235. The monoisotopic (exact) mass is 723 g/mol. The molecule has 0 saturated carbocycles. The highest BCUT2D eigenvalue weighted by atomic mass is 32.5. The molecule has 0 radical (unpaired) electrons. The van der Waals surface area contributed by atoms with Crippen LogP contribution in [0.5, 0.6) is 23.0 Å². The molecule has 4 rings (SSSR count). The van der Waals surface area contributed by atoms with Crippen molar-refractivity contribution in [1.82, 2.24) is 9.56 Å². The molecule has 0 heterocycles. The summed E-state index contributed by atoms with van der Waals surface area (Å²) in [5, 5.41) is 9.06. The van der Waals surface area contributed by atoms with Crippen LogP contribution >= 0.6 is 13.7 Å². The molecule has 0 fully saturated rings. The zero-order chi connectivity index (χ0) is 34.4. The molecule has 0 spiro atoms. The van der Waals surface area contributed by atoms with Gasteiger partial charge in [-0.15, -0.1) is 5.10 Å². The second-order valence-corrected chi connectivity index (χ2v) is 15.8. The number of ether oxygens (including phenoxy) is 1. The second kappa shape index (κ2) is 18.6. The Kier molecular flexibility index (Phi) is 14.3. The minimum atomic E-state index is -3.17. The molecule has 0 amide bonds. The van der Waals surface area contributed by atoms with Crippen molar-refractivity contribution >= 4 is 49.8 Å². The first-order valence-electron chi connectivity index (χ1n) is 15.3. The highest BCUT2D eigenvalue weighted by Crippen LogP contribution is 2.51. The average molecular weight is 724 g/mol. The summed E-state index contributed by atoms with van der Waals surface area (Å²) < 4.78 is 27.3. The molecular formula is C34H41N6O4P2S2+. The van der Waals surface area contributed by atoms with Crippen molar-refractivity contribution in [2.75, 3.05) is 33.8 Å². The Morgan fingerprint density at radius 1 is 0.688 bits per heavy atom. The van der Waals surface area contributed by atoms with Crippen molar-refractivity contribution in [2.24, 2.45) is 21.7 Å². The van der Waals surface area contributed by atoms with Crippen LogP contribution in [0.1, 0.15) is 29.2 Å². The van der Waals surface area contributed by atoms with Gasteiger partial charge in [-0.2, -0.15) is 5.10 Å². The van der Waals surface area contributed by atoms with Gasteiger partial charge in [0, 0.05) is 18.9 Å². The highest BCUT2D eigenvalue weighted by Gasteiger charge is 2.29. The van der Waals surface area contributed by atoms with Crippen LogP contribution in [0, 0.1) is 0 Å². The lowest BCUT2D eigenvalue weighted by Crippen LogP contribution is -2.17. The molecule has 0 bridgehead atoms. The summed E-state index contributed by atoms with van der Waals surface area (Å²) in [5.74, 6) is 2.60. The summed E-state index contributed by atoms with van der Waals surface area (Å²) in [6.07, 6.45) is 4.98. The number of rotatable bonds is 18. The van der Waals surface area contributed by atoms with Crippen molar-refractivity contribution < 1.29 is 18.3 Å². The molecule has 1 unspecified atom stereocenters. The zero-order valence-electron chi connectivity index (χ0n) is 27.2. The van der Waals surface area contributed by atoms with Gasteiger partial charge in [0.1, 0.15) is 17.2 Å². The Balaban J connectivity index is 1.41. The molecular weight excluding hydrogens is 682 g/mol. The maximum Gasteiger partial charge on any atom is 0.540 e. The molecule has 0 aliphatic carbocycles. The second-order valence-electron chi connectivity index (χ2n) is 10.4. The molecule has 252 valence electrons. The van der Waals surface area contributed by atoms with E-state index < -0.39 is 13.7 Å². The van der Waals surface area contributed by atoms with Gasteiger partial charge in [0.25, 0.3) is 0 Å².